The average molecular weight is 389 g/mol. The molecular weight excluding hydrogens is 370 g/mol. The summed E-state index contributed by atoms with van der Waals surface area (Å²) < 4.78 is 6.69. The molecule has 142 valence electrons. The van der Waals surface area contributed by atoms with Crippen LogP contribution in [0.3, 0.4) is 0 Å². The van der Waals surface area contributed by atoms with Crippen LogP contribution in [-0.2, 0) is 16.1 Å². The van der Waals surface area contributed by atoms with Crippen LogP contribution < -0.4 is 11.2 Å². The lowest BCUT2D eigenvalue weighted by molar-refractivity contribution is -0.128. The topological polar surface area (TPSA) is 101 Å². The molecule has 1 aliphatic rings. The van der Waals surface area contributed by atoms with Crippen molar-refractivity contribution in [2.45, 2.75) is 18.8 Å². The zero-order valence-electron chi connectivity index (χ0n) is 14.7. The van der Waals surface area contributed by atoms with Crippen molar-refractivity contribution in [3.05, 3.63) is 68.5 Å². The van der Waals surface area contributed by atoms with Gasteiger partial charge in [-0.25, -0.2) is 9.59 Å². The number of nitrogens with zero attached hydrogens (tertiary/aromatic N) is 2. The summed E-state index contributed by atoms with van der Waals surface area (Å²) in [6.45, 7) is 2.21. The van der Waals surface area contributed by atoms with E-state index in [9.17, 15) is 19.2 Å². The van der Waals surface area contributed by atoms with Crippen LogP contribution >= 0.6 is 11.8 Å². The maximum Gasteiger partial charge on any atom is 0.338 e. The molecule has 0 spiro atoms. The molecule has 1 fully saturated rings. The molecule has 8 nitrogen and oxygen atoms in total. The van der Waals surface area contributed by atoms with Crippen molar-refractivity contribution in [1.82, 2.24) is 14.5 Å². The van der Waals surface area contributed by atoms with Gasteiger partial charge in [0.25, 0.3) is 5.56 Å². The minimum Gasteiger partial charge on any atom is -0.459 e. The van der Waals surface area contributed by atoms with Crippen LogP contribution in [0.2, 0.25) is 0 Å². The molecule has 1 aromatic heterocycles. The number of esters is 1. The van der Waals surface area contributed by atoms with E-state index in [0.29, 0.717) is 16.9 Å². The number of H-pyrrole nitrogens is 1. The van der Waals surface area contributed by atoms with Gasteiger partial charge in [0.2, 0.25) is 5.91 Å². The molecule has 0 saturated carbocycles. The molecule has 1 atom stereocenters. The van der Waals surface area contributed by atoms with Crippen LogP contribution in [0.1, 0.15) is 15.9 Å². The standard InChI is InChI=1S/C18H19N3O5S/c1-12-9-20(18(25)19-16(12)23)7-8-21-14(22)11-27-15(21)10-26-17(24)13-5-3-2-4-6-13/h2-6,9,15H,7-8,10-11H2,1H3,(H,19,23,25)/t15-/m0/s1. The molecule has 0 bridgehead atoms. The Labute approximate surface area is 159 Å². The van der Waals surface area contributed by atoms with Crippen molar-refractivity contribution in [3.8, 4) is 0 Å². The number of aromatic amines is 1. The summed E-state index contributed by atoms with van der Waals surface area (Å²) in [5, 5.41) is -0.301. The van der Waals surface area contributed by atoms with Crippen molar-refractivity contribution in [2.24, 2.45) is 0 Å². The van der Waals surface area contributed by atoms with Crippen LogP contribution in [0.25, 0.3) is 0 Å². The van der Waals surface area contributed by atoms with Crippen LogP contribution in [0, 0.1) is 6.92 Å². The van der Waals surface area contributed by atoms with E-state index in [1.54, 1.807) is 36.1 Å². The quantitative estimate of drug-likeness (QED) is 0.726. The lowest BCUT2D eigenvalue weighted by Crippen LogP contribution is -2.40. The Morgan fingerprint density at radius 2 is 1.96 bits per heavy atom. The van der Waals surface area contributed by atoms with E-state index in [-0.39, 0.29) is 31.0 Å². The molecule has 1 aromatic carbocycles. The highest BCUT2D eigenvalue weighted by atomic mass is 32.2. The van der Waals surface area contributed by atoms with Crippen molar-refractivity contribution < 1.29 is 14.3 Å². The molecule has 2 aromatic rings. The average Bonchev–Trinajstić information content (AvgIpc) is 3.02. The lowest BCUT2D eigenvalue weighted by Gasteiger charge is -2.24. The molecule has 9 heteroatoms. The number of rotatable bonds is 6. The van der Waals surface area contributed by atoms with Crippen LogP contribution in [-0.4, -0.2) is 50.6 Å². The summed E-state index contributed by atoms with van der Waals surface area (Å²) >= 11 is 1.39. The normalized spacial score (nSPS) is 16.6. The Kier molecular flexibility index (Phi) is 5.80. The number of aryl methyl sites for hydroxylation is 1. The molecule has 1 saturated heterocycles. The minimum atomic E-state index is -0.517. The summed E-state index contributed by atoms with van der Waals surface area (Å²) in [5.74, 6) is -0.217. The van der Waals surface area contributed by atoms with Gasteiger partial charge in [0, 0.05) is 24.8 Å². The fourth-order valence-corrected chi connectivity index (χ4v) is 3.78. The summed E-state index contributed by atoms with van der Waals surface area (Å²) in [6, 6.07) is 8.64. The Morgan fingerprint density at radius 1 is 1.22 bits per heavy atom. The zero-order valence-corrected chi connectivity index (χ0v) is 15.5. The Hall–Kier alpha value is -2.81. The van der Waals surface area contributed by atoms with Crippen molar-refractivity contribution in [2.75, 3.05) is 18.9 Å². The van der Waals surface area contributed by atoms with Gasteiger partial charge in [-0.1, -0.05) is 18.2 Å². The van der Waals surface area contributed by atoms with Gasteiger partial charge in [-0.2, -0.15) is 0 Å². The van der Waals surface area contributed by atoms with E-state index < -0.39 is 17.2 Å². The molecular formula is C18H19N3O5S. The third-order valence-corrected chi connectivity index (χ3v) is 5.39. The molecule has 27 heavy (non-hydrogen) atoms. The van der Waals surface area contributed by atoms with E-state index in [2.05, 4.69) is 4.98 Å². The van der Waals surface area contributed by atoms with Crippen LogP contribution in [0.4, 0.5) is 0 Å². The fraction of sp³-hybridized carbons (Fsp3) is 0.333. The molecule has 0 unspecified atom stereocenters. The zero-order chi connectivity index (χ0) is 19.4. The lowest BCUT2D eigenvalue weighted by atomic mass is 10.2. The molecule has 0 radical (unpaired) electrons. The van der Waals surface area contributed by atoms with E-state index in [1.807, 2.05) is 6.07 Å². The van der Waals surface area contributed by atoms with Crippen molar-refractivity contribution >= 4 is 23.6 Å². The highest BCUT2D eigenvalue weighted by molar-refractivity contribution is 8.01. The monoisotopic (exact) mass is 389 g/mol. The second kappa shape index (κ2) is 8.26. The molecule has 1 amide bonds. The largest absolute Gasteiger partial charge is 0.459 e. The SMILES string of the molecule is Cc1cn(CCN2C(=O)CS[C@H]2COC(=O)c2ccccc2)c(=O)[nH]c1=O. The van der Waals surface area contributed by atoms with Crippen LogP contribution in [0.15, 0.2) is 46.1 Å². The summed E-state index contributed by atoms with van der Waals surface area (Å²) in [7, 11) is 0. The Morgan fingerprint density at radius 3 is 2.70 bits per heavy atom. The van der Waals surface area contributed by atoms with Gasteiger partial charge in [-0.15, -0.1) is 11.8 Å². The highest BCUT2D eigenvalue weighted by Crippen LogP contribution is 2.25. The van der Waals surface area contributed by atoms with Gasteiger partial charge in [-0.3, -0.25) is 19.1 Å². The van der Waals surface area contributed by atoms with E-state index in [1.165, 1.54) is 22.5 Å². The van der Waals surface area contributed by atoms with Gasteiger partial charge in [-0.05, 0) is 19.1 Å². The first-order chi connectivity index (χ1) is 13.0. The number of amides is 1. The predicted octanol–water partition coefficient (Wildman–Crippen LogP) is 0.604. The number of nitrogens with one attached hydrogen (secondary N) is 1. The second-order valence-electron chi connectivity index (χ2n) is 6.08. The number of aromatic nitrogens is 2. The van der Waals surface area contributed by atoms with Gasteiger partial charge < -0.3 is 9.64 Å². The van der Waals surface area contributed by atoms with Gasteiger partial charge in [0.05, 0.1) is 11.3 Å². The third kappa shape index (κ3) is 4.48. The molecule has 0 aliphatic carbocycles. The number of carbonyl (C=O) groups is 2. The summed E-state index contributed by atoms with van der Waals surface area (Å²) in [6.07, 6.45) is 1.47. The van der Waals surface area contributed by atoms with Gasteiger partial charge in [0.15, 0.2) is 0 Å². The number of hydrogen-bond acceptors (Lipinski definition) is 6. The molecule has 2 heterocycles. The third-order valence-electron chi connectivity index (χ3n) is 4.20. The number of benzene rings is 1. The first-order valence-corrected chi connectivity index (χ1v) is 9.44. The molecule has 1 aliphatic heterocycles. The van der Waals surface area contributed by atoms with E-state index in [4.69, 9.17) is 4.74 Å². The first kappa shape index (κ1) is 19.0. The summed E-state index contributed by atoms with van der Waals surface area (Å²) in [4.78, 5) is 51.3. The molecule has 3 rings (SSSR count). The number of carbonyl (C=O) groups excluding carboxylic acids is 2. The Balaban J connectivity index is 1.61. The van der Waals surface area contributed by atoms with Gasteiger partial charge in [0.1, 0.15) is 12.0 Å². The van der Waals surface area contributed by atoms with Crippen LogP contribution in [0.5, 0.6) is 0 Å². The number of thioether (sulfide) groups is 1. The highest BCUT2D eigenvalue weighted by Gasteiger charge is 2.32. The number of hydrogen-bond donors (Lipinski definition) is 1. The van der Waals surface area contributed by atoms with Crippen molar-refractivity contribution in [1.29, 1.82) is 0 Å². The maximum absolute atomic E-state index is 12.1. The first-order valence-electron chi connectivity index (χ1n) is 8.39. The smallest absolute Gasteiger partial charge is 0.338 e. The molecule has 1 N–H and O–H groups in total. The van der Waals surface area contributed by atoms with Gasteiger partial charge >= 0.3 is 11.7 Å². The fourth-order valence-electron chi connectivity index (χ4n) is 2.71. The predicted molar refractivity (Wildman–Crippen MR) is 101 cm³/mol. The maximum atomic E-state index is 12.1. The van der Waals surface area contributed by atoms with E-state index in [0.717, 1.165) is 0 Å². The number of ether oxygens (including phenoxy) is 1. The van der Waals surface area contributed by atoms with Crippen molar-refractivity contribution in [3.63, 3.8) is 0 Å². The second-order valence-corrected chi connectivity index (χ2v) is 7.25. The Bertz CT molecular complexity index is 953. The minimum absolute atomic E-state index is 0.0731. The summed E-state index contributed by atoms with van der Waals surface area (Å²) in [5.41, 5.74) is -0.0644. The van der Waals surface area contributed by atoms with E-state index >= 15 is 0 Å².